The Morgan fingerprint density at radius 2 is 2.16 bits per heavy atom. The molecule has 3 rings (SSSR count). The highest BCUT2D eigenvalue weighted by Crippen LogP contribution is 2.30. The van der Waals surface area contributed by atoms with Crippen molar-refractivity contribution < 1.29 is 13.5 Å². The number of nitrogens with zero attached hydrogens (tertiary/aromatic N) is 3. The number of benzene rings is 1. The Labute approximate surface area is 155 Å². The first kappa shape index (κ1) is 19.9. The van der Waals surface area contributed by atoms with Crippen LogP contribution in [0.2, 0.25) is 0 Å². The highest BCUT2D eigenvalue weighted by Gasteiger charge is 2.22. The maximum atomic E-state index is 12.5. The van der Waals surface area contributed by atoms with E-state index in [2.05, 4.69) is 20.3 Å². The fourth-order valence-corrected chi connectivity index (χ4v) is 3.76. The van der Waals surface area contributed by atoms with Gasteiger partial charge in [0.15, 0.2) is 5.16 Å². The van der Waals surface area contributed by atoms with Crippen molar-refractivity contribution >= 4 is 24.2 Å². The van der Waals surface area contributed by atoms with E-state index >= 15 is 0 Å². The van der Waals surface area contributed by atoms with Crippen LogP contribution in [0, 0.1) is 0 Å². The van der Waals surface area contributed by atoms with Gasteiger partial charge in [0.2, 0.25) is 0 Å². The van der Waals surface area contributed by atoms with Crippen molar-refractivity contribution in [2.24, 2.45) is 7.05 Å². The second-order valence-electron chi connectivity index (χ2n) is 5.72. The van der Waals surface area contributed by atoms with Crippen LogP contribution < -0.4 is 10.1 Å². The third-order valence-electron chi connectivity index (χ3n) is 4.08. The Kier molecular flexibility index (Phi) is 7.46. The van der Waals surface area contributed by atoms with Crippen LogP contribution in [0.15, 0.2) is 29.4 Å². The van der Waals surface area contributed by atoms with Gasteiger partial charge in [-0.25, -0.2) is 0 Å². The summed E-state index contributed by atoms with van der Waals surface area (Å²) in [6.07, 6.45) is 2.24. The molecule has 0 saturated carbocycles. The number of hydrogen-bond acceptors (Lipinski definition) is 5. The predicted molar refractivity (Wildman–Crippen MR) is 95.7 cm³/mol. The molecule has 1 aromatic heterocycles. The van der Waals surface area contributed by atoms with Crippen molar-refractivity contribution in [3.05, 3.63) is 35.7 Å². The second-order valence-corrected chi connectivity index (χ2v) is 6.66. The van der Waals surface area contributed by atoms with Gasteiger partial charge in [0, 0.05) is 30.8 Å². The molecule has 2 heterocycles. The number of thioether (sulfide) groups is 1. The smallest absolute Gasteiger partial charge is 0.387 e. The third kappa shape index (κ3) is 5.05. The van der Waals surface area contributed by atoms with E-state index < -0.39 is 6.61 Å². The summed E-state index contributed by atoms with van der Waals surface area (Å²) >= 11 is 1.47. The van der Waals surface area contributed by atoms with Crippen molar-refractivity contribution in [2.75, 3.05) is 13.1 Å². The van der Waals surface area contributed by atoms with Crippen molar-refractivity contribution in [2.45, 2.75) is 36.3 Å². The van der Waals surface area contributed by atoms with E-state index in [1.807, 2.05) is 17.7 Å². The fourth-order valence-electron chi connectivity index (χ4n) is 2.86. The molecular weight excluding hydrogens is 370 g/mol. The first-order valence-electron chi connectivity index (χ1n) is 7.90. The topological polar surface area (TPSA) is 52.0 Å². The van der Waals surface area contributed by atoms with Crippen LogP contribution in [-0.4, -0.2) is 34.5 Å². The van der Waals surface area contributed by atoms with E-state index in [-0.39, 0.29) is 18.2 Å². The van der Waals surface area contributed by atoms with Gasteiger partial charge in [-0.1, -0.05) is 30.0 Å². The van der Waals surface area contributed by atoms with Gasteiger partial charge < -0.3 is 14.6 Å². The minimum absolute atomic E-state index is 0. The van der Waals surface area contributed by atoms with Gasteiger partial charge in [-0.2, -0.15) is 8.78 Å². The summed E-state index contributed by atoms with van der Waals surface area (Å²) in [6.45, 7) is -0.852. The predicted octanol–water partition coefficient (Wildman–Crippen LogP) is 3.60. The largest absolute Gasteiger partial charge is 0.435 e. The minimum atomic E-state index is -2.82. The Hall–Kier alpha value is -1.38. The summed E-state index contributed by atoms with van der Waals surface area (Å²) in [6, 6.07) is 6.83. The molecule has 0 spiro atoms. The van der Waals surface area contributed by atoms with Crippen LogP contribution in [0.1, 0.15) is 30.1 Å². The molecule has 2 aromatic rings. The number of alkyl halides is 2. The molecule has 1 fully saturated rings. The lowest BCUT2D eigenvalue weighted by atomic mass is 9.99. The Morgan fingerprint density at radius 3 is 2.88 bits per heavy atom. The van der Waals surface area contributed by atoms with Gasteiger partial charge in [-0.05, 0) is 25.5 Å². The van der Waals surface area contributed by atoms with E-state index in [9.17, 15) is 8.78 Å². The average Bonchev–Trinajstić information content (AvgIpc) is 2.95. The first-order chi connectivity index (χ1) is 11.6. The monoisotopic (exact) mass is 390 g/mol. The number of aromatic nitrogens is 3. The van der Waals surface area contributed by atoms with Gasteiger partial charge in [0.1, 0.15) is 11.6 Å². The maximum Gasteiger partial charge on any atom is 0.387 e. The molecule has 0 radical (unpaired) electrons. The van der Waals surface area contributed by atoms with Crippen molar-refractivity contribution in [1.29, 1.82) is 0 Å². The zero-order chi connectivity index (χ0) is 16.9. The number of para-hydroxylation sites is 1. The highest BCUT2D eigenvalue weighted by molar-refractivity contribution is 7.98. The summed E-state index contributed by atoms with van der Waals surface area (Å²) in [5.74, 6) is 2.05. The second kappa shape index (κ2) is 9.35. The van der Waals surface area contributed by atoms with Crippen LogP contribution in [0.4, 0.5) is 8.78 Å². The molecule has 1 aromatic carbocycles. The van der Waals surface area contributed by atoms with Crippen LogP contribution in [0.5, 0.6) is 5.75 Å². The SMILES string of the molecule is Cl.Cn1c(SCc2ccccc2OC(F)F)nnc1C1CCCNC1. The zero-order valence-corrected chi connectivity index (χ0v) is 15.5. The van der Waals surface area contributed by atoms with Gasteiger partial charge in [0.05, 0.1) is 0 Å². The summed E-state index contributed by atoms with van der Waals surface area (Å²) in [5, 5.41) is 12.7. The van der Waals surface area contributed by atoms with E-state index in [4.69, 9.17) is 0 Å². The van der Waals surface area contributed by atoms with Gasteiger partial charge in [-0.15, -0.1) is 22.6 Å². The van der Waals surface area contributed by atoms with Crippen LogP contribution in [-0.2, 0) is 12.8 Å². The molecule has 0 aliphatic carbocycles. The van der Waals surface area contributed by atoms with Crippen molar-refractivity contribution in [3.8, 4) is 5.75 Å². The Bertz CT molecular complexity index is 680. The number of halogens is 3. The van der Waals surface area contributed by atoms with E-state index in [0.717, 1.165) is 36.9 Å². The van der Waals surface area contributed by atoms with E-state index in [0.29, 0.717) is 17.2 Å². The number of hydrogen-bond donors (Lipinski definition) is 1. The lowest BCUT2D eigenvalue weighted by Crippen LogP contribution is -2.29. The summed E-state index contributed by atoms with van der Waals surface area (Å²) < 4.78 is 31.5. The Morgan fingerprint density at radius 1 is 1.36 bits per heavy atom. The lowest BCUT2D eigenvalue weighted by molar-refractivity contribution is -0.0503. The van der Waals surface area contributed by atoms with Gasteiger partial charge in [0.25, 0.3) is 0 Å². The molecule has 1 N–H and O–H groups in total. The first-order valence-corrected chi connectivity index (χ1v) is 8.89. The molecule has 1 aliphatic heterocycles. The molecular formula is C16H21ClF2N4OS. The van der Waals surface area contributed by atoms with Gasteiger partial charge >= 0.3 is 6.61 Å². The third-order valence-corrected chi connectivity index (χ3v) is 5.15. The quantitative estimate of drug-likeness (QED) is 0.764. The summed E-state index contributed by atoms with van der Waals surface area (Å²) in [5.41, 5.74) is 0.715. The standard InChI is InChI=1S/C16H20F2N4OS.ClH/c1-22-14(11-6-4-8-19-9-11)20-21-16(22)24-10-12-5-2-3-7-13(12)23-15(17)18;/h2-3,5,7,11,15,19H,4,6,8-10H2,1H3;1H. The van der Waals surface area contributed by atoms with Crippen molar-refractivity contribution in [3.63, 3.8) is 0 Å². The highest BCUT2D eigenvalue weighted by atomic mass is 35.5. The van der Waals surface area contributed by atoms with Crippen LogP contribution >= 0.6 is 24.2 Å². The molecule has 138 valence electrons. The number of rotatable bonds is 6. The molecule has 0 bridgehead atoms. The number of nitrogens with one attached hydrogen (secondary N) is 1. The van der Waals surface area contributed by atoms with E-state index in [1.54, 1.807) is 18.2 Å². The molecule has 1 atom stereocenters. The normalized spacial score (nSPS) is 17.4. The zero-order valence-electron chi connectivity index (χ0n) is 13.8. The molecule has 1 aliphatic rings. The lowest BCUT2D eigenvalue weighted by Gasteiger charge is -2.21. The average molecular weight is 391 g/mol. The minimum Gasteiger partial charge on any atom is -0.435 e. The van der Waals surface area contributed by atoms with Crippen LogP contribution in [0.3, 0.4) is 0 Å². The summed E-state index contributed by atoms with van der Waals surface area (Å²) in [4.78, 5) is 0. The molecule has 1 saturated heterocycles. The summed E-state index contributed by atoms with van der Waals surface area (Å²) in [7, 11) is 1.95. The number of ether oxygens (including phenoxy) is 1. The van der Waals surface area contributed by atoms with E-state index in [1.165, 1.54) is 11.8 Å². The molecule has 25 heavy (non-hydrogen) atoms. The van der Waals surface area contributed by atoms with Crippen molar-refractivity contribution in [1.82, 2.24) is 20.1 Å². The molecule has 9 heteroatoms. The molecule has 1 unspecified atom stereocenters. The van der Waals surface area contributed by atoms with Crippen LogP contribution in [0.25, 0.3) is 0 Å². The fraction of sp³-hybridized carbons (Fsp3) is 0.500. The maximum absolute atomic E-state index is 12.5. The van der Waals surface area contributed by atoms with Gasteiger partial charge in [-0.3, -0.25) is 0 Å². The number of piperidine rings is 1. The molecule has 5 nitrogen and oxygen atoms in total. The Balaban J connectivity index is 0.00000225. The molecule has 0 amide bonds.